The number of rotatable bonds is 3. The molecule has 5 rings (SSSR count). The maximum atomic E-state index is 14.3. The van der Waals surface area contributed by atoms with Gasteiger partial charge in [0.15, 0.2) is 5.78 Å². The van der Waals surface area contributed by atoms with Gasteiger partial charge in [-0.15, -0.1) is 0 Å². The molecule has 1 aromatic heterocycles. The van der Waals surface area contributed by atoms with Crippen molar-refractivity contribution in [3.05, 3.63) is 94.5 Å². The van der Waals surface area contributed by atoms with Gasteiger partial charge in [0, 0.05) is 34.9 Å². The lowest BCUT2D eigenvalue weighted by molar-refractivity contribution is -0.126. The number of hydrogen-bond donors (Lipinski definition) is 1. The summed E-state index contributed by atoms with van der Waals surface area (Å²) in [6, 6.07) is 16.6. The fourth-order valence-corrected chi connectivity index (χ4v) is 5.22. The van der Waals surface area contributed by atoms with Gasteiger partial charge in [0.25, 0.3) is 0 Å². The van der Waals surface area contributed by atoms with E-state index in [1.165, 1.54) is 12.1 Å². The van der Waals surface area contributed by atoms with Crippen LogP contribution < -0.4 is 5.32 Å². The minimum atomic E-state index is -1.34. The minimum Gasteiger partial charge on any atom is -0.324 e. The van der Waals surface area contributed by atoms with E-state index in [9.17, 15) is 14.0 Å². The Morgan fingerprint density at radius 2 is 1.97 bits per heavy atom. The topological polar surface area (TPSA) is 62.3 Å². The molecule has 2 aromatic carbocycles. The molecule has 1 saturated heterocycles. The molecule has 3 aromatic rings. The van der Waals surface area contributed by atoms with Crippen LogP contribution in [0, 0.1) is 11.7 Å². The van der Waals surface area contributed by atoms with Crippen molar-refractivity contribution in [1.82, 2.24) is 9.88 Å². The predicted molar refractivity (Wildman–Crippen MR) is 116 cm³/mol. The summed E-state index contributed by atoms with van der Waals surface area (Å²) in [5.41, 5.74) is 0.828. The summed E-state index contributed by atoms with van der Waals surface area (Å²) in [5, 5.41) is 3.45. The molecule has 2 aliphatic heterocycles. The SMILES string of the molecule is CN1C[C@H](c2ccc(Cl)cc2)[C@@H](C(=O)c2ccccn2)[C@@]12C(=O)Nc1ccc(F)cc12. The number of anilines is 1. The fraction of sp³-hybridized carbons (Fsp3) is 0.208. The molecule has 7 heteroatoms. The molecule has 31 heavy (non-hydrogen) atoms. The molecule has 1 N–H and O–H groups in total. The van der Waals surface area contributed by atoms with Crippen molar-refractivity contribution in [3.8, 4) is 0 Å². The van der Waals surface area contributed by atoms with Gasteiger partial charge in [-0.2, -0.15) is 0 Å². The monoisotopic (exact) mass is 435 g/mol. The molecule has 0 aliphatic carbocycles. The Balaban J connectivity index is 1.74. The quantitative estimate of drug-likeness (QED) is 0.625. The Morgan fingerprint density at radius 3 is 2.68 bits per heavy atom. The van der Waals surface area contributed by atoms with Crippen LogP contribution in [-0.4, -0.2) is 35.2 Å². The zero-order valence-electron chi connectivity index (χ0n) is 16.7. The summed E-state index contributed by atoms with van der Waals surface area (Å²) >= 11 is 6.08. The number of amides is 1. The van der Waals surface area contributed by atoms with Crippen LogP contribution in [-0.2, 0) is 10.3 Å². The van der Waals surface area contributed by atoms with Gasteiger partial charge < -0.3 is 5.32 Å². The van der Waals surface area contributed by atoms with Crippen LogP contribution in [0.15, 0.2) is 66.9 Å². The highest BCUT2D eigenvalue weighted by Crippen LogP contribution is 2.55. The summed E-state index contributed by atoms with van der Waals surface area (Å²) in [6.07, 6.45) is 1.55. The normalized spacial score (nSPS) is 24.9. The van der Waals surface area contributed by atoms with Crippen molar-refractivity contribution < 1.29 is 14.0 Å². The van der Waals surface area contributed by atoms with Crippen molar-refractivity contribution in [3.63, 3.8) is 0 Å². The second-order valence-corrected chi connectivity index (χ2v) is 8.44. The molecule has 0 radical (unpaired) electrons. The van der Waals surface area contributed by atoms with Gasteiger partial charge in [0.2, 0.25) is 5.91 Å². The molecule has 1 amide bonds. The number of hydrogen-bond acceptors (Lipinski definition) is 4. The van der Waals surface area contributed by atoms with E-state index in [1.54, 1.807) is 49.6 Å². The second kappa shape index (κ2) is 7.25. The van der Waals surface area contributed by atoms with Crippen molar-refractivity contribution in [2.75, 3.05) is 18.9 Å². The molecule has 0 bridgehead atoms. The molecular weight excluding hydrogens is 417 g/mol. The summed E-state index contributed by atoms with van der Waals surface area (Å²) < 4.78 is 14.3. The lowest BCUT2D eigenvalue weighted by atomic mass is 9.71. The van der Waals surface area contributed by atoms with Gasteiger partial charge in [0.05, 0.1) is 5.92 Å². The largest absolute Gasteiger partial charge is 0.324 e. The smallest absolute Gasteiger partial charge is 0.250 e. The summed E-state index contributed by atoms with van der Waals surface area (Å²) in [7, 11) is 1.80. The summed E-state index contributed by atoms with van der Waals surface area (Å²) in [6.45, 7) is 0.439. The Kier molecular flexibility index (Phi) is 4.64. The van der Waals surface area contributed by atoms with Gasteiger partial charge in [-0.25, -0.2) is 4.39 Å². The molecule has 0 unspecified atom stereocenters. The number of benzene rings is 2. The van der Waals surface area contributed by atoms with E-state index >= 15 is 0 Å². The number of nitrogens with zero attached hydrogens (tertiary/aromatic N) is 2. The number of pyridine rings is 1. The first-order chi connectivity index (χ1) is 14.9. The van der Waals surface area contributed by atoms with Crippen LogP contribution in [0.3, 0.4) is 0 Å². The molecule has 3 heterocycles. The molecule has 1 fully saturated rings. The number of ketones is 1. The van der Waals surface area contributed by atoms with Crippen LogP contribution in [0.2, 0.25) is 5.02 Å². The molecule has 3 atom stereocenters. The van der Waals surface area contributed by atoms with E-state index in [0.29, 0.717) is 22.8 Å². The second-order valence-electron chi connectivity index (χ2n) is 8.01. The summed E-state index contributed by atoms with van der Waals surface area (Å²) in [4.78, 5) is 33.4. The zero-order valence-corrected chi connectivity index (χ0v) is 17.4. The van der Waals surface area contributed by atoms with Crippen LogP contribution in [0.5, 0.6) is 0 Å². The first kappa shape index (κ1) is 19.8. The highest BCUT2D eigenvalue weighted by Gasteiger charge is 2.64. The predicted octanol–water partition coefficient (Wildman–Crippen LogP) is 4.25. The molecular formula is C24H19ClFN3O2. The number of carbonyl (C=O) groups is 2. The Labute approximate surface area is 183 Å². The zero-order chi connectivity index (χ0) is 21.8. The number of likely N-dealkylation sites (tertiary alicyclic amines) is 1. The number of halogens is 2. The van der Waals surface area contributed by atoms with E-state index in [4.69, 9.17) is 11.6 Å². The van der Waals surface area contributed by atoms with Gasteiger partial charge in [-0.3, -0.25) is 19.5 Å². The number of carbonyl (C=O) groups excluding carboxylic acids is 2. The minimum absolute atomic E-state index is 0.253. The molecule has 0 saturated carbocycles. The van der Waals surface area contributed by atoms with Crippen molar-refractivity contribution >= 4 is 29.0 Å². The van der Waals surface area contributed by atoms with E-state index in [-0.39, 0.29) is 23.3 Å². The van der Waals surface area contributed by atoms with E-state index in [0.717, 1.165) is 5.56 Å². The lowest BCUT2D eigenvalue weighted by Gasteiger charge is -2.35. The van der Waals surface area contributed by atoms with Crippen LogP contribution in [0.4, 0.5) is 10.1 Å². The van der Waals surface area contributed by atoms with Crippen LogP contribution >= 0.6 is 11.6 Å². The number of aromatic nitrogens is 1. The third-order valence-corrected chi connectivity index (χ3v) is 6.66. The van der Waals surface area contributed by atoms with Crippen molar-refractivity contribution in [1.29, 1.82) is 0 Å². The number of nitrogens with one attached hydrogen (secondary N) is 1. The van der Waals surface area contributed by atoms with E-state index in [1.807, 2.05) is 17.0 Å². The number of Topliss-reactive ketones (excluding diaryl/α,β-unsaturated/α-hetero) is 1. The van der Waals surface area contributed by atoms with Crippen LogP contribution in [0.1, 0.15) is 27.5 Å². The molecule has 1 spiro atoms. The van der Waals surface area contributed by atoms with Gasteiger partial charge >= 0.3 is 0 Å². The number of likely N-dealkylation sites (N-methyl/N-ethyl adjacent to an activating group) is 1. The first-order valence-electron chi connectivity index (χ1n) is 9.96. The van der Waals surface area contributed by atoms with Gasteiger partial charge in [-0.1, -0.05) is 29.8 Å². The Bertz CT molecular complexity index is 1190. The molecule has 156 valence electrons. The lowest BCUT2D eigenvalue weighted by Crippen LogP contribution is -2.51. The first-order valence-corrected chi connectivity index (χ1v) is 10.3. The third-order valence-electron chi connectivity index (χ3n) is 6.41. The third kappa shape index (κ3) is 2.90. The van der Waals surface area contributed by atoms with Crippen LogP contribution in [0.25, 0.3) is 0 Å². The van der Waals surface area contributed by atoms with Crippen molar-refractivity contribution in [2.45, 2.75) is 11.5 Å². The fourth-order valence-electron chi connectivity index (χ4n) is 5.09. The maximum absolute atomic E-state index is 14.3. The summed E-state index contributed by atoms with van der Waals surface area (Å²) in [5.74, 6) is -2.14. The average Bonchev–Trinajstić information content (AvgIpc) is 3.24. The van der Waals surface area contributed by atoms with Crippen molar-refractivity contribution in [2.24, 2.45) is 5.92 Å². The standard InChI is InChI=1S/C24H19ClFN3O2/c1-29-13-17(14-5-7-15(25)8-6-14)21(22(30)20-4-2-3-11-27-20)24(29)18-12-16(26)9-10-19(18)28-23(24)31/h2-12,17,21H,13H2,1H3,(H,28,31)/t17-,21+,24+/m1/s1. The Hall–Kier alpha value is -3.09. The Morgan fingerprint density at radius 1 is 1.19 bits per heavy atom. The average molecular weight is 436 g/mol. The highest BCUT2D eigenvalue weighted by atomic mass is 35.5. The number of fused-ring (bicyclic) bond motifs is 2. The van der Waals surface area contributed by atoms with E-state index in [2.05, 4.69) is 10.3 Å². The molecule has 2 aliphatic rings. The van der Waals surface area contributed by atoms with E-state index < -0.39 is 17.3 Å². The molecule has 5 nitrogen and oxygen atoms in total. The van der Waals surface area contributed by atoms with Gasteiger partial charge in [0.1, 0.15) is 17.1 Å². The highest BCUT2D eigenvalue weighted by molar-refractivity contribution is 6.30. The maximum Gasteiger partial charge on any atom is 0.250 e. The van der Waals surface area contributed by atoms with Gasteiger partial charge in [-0.05, 0) is 55.1 Å².